The van der Waals surface area contributed by atoms with E-state index in [4.69, 9.17) is 36.7 Å². The number of phenolic OH excluding ortho intramolecular Hbond substituents is 1. The fourth-order valence-corrected chi connectivity index (χ4v) is 39.1. The van der Waals surface area contributed by atoms with Crippen LogP contribution in [0.3, 0.4) is 0 Å². The maximum atomic E-state index is 14.7. The van der Waals surface area contributed by atoms with Crippen molar-refractivity contribution < 1.29 is 44.1 Å². The highest BCUT2D eigenvalue weighted by molar-refractivity contribution is 9.11. The predicted octanol–water partition coefficient (Wildman–Crippen LogP) is 27.5. The van der Waals surface area contributed by atoms with E-state index < -0.39 is 29.3 Å². The minimum atomic E-state index is -1.35. The van der Waals surface area contributed by atoms with Crippen molar-refractivity contribution in [3.8, 4) is 5.75 Å². The zero-order valence-corrected chi connectivity index (χ0v) is 94.3. The van der Waals surface area contributed by atoms with Crippen molar-refractivity contribution in [2.75, 3.05) is 17.2 Å². The van der Waals surface area contributed by atoms with E-state index in [1.54, 1.807) is 35.4 Å². The largest absolute Gasteiger partial charge is 0.508 e. The van der Waals surface area contributed by atoms with Crippen molar-refractivity contribution in [2.45, 2.75) is 362 Å². The standard InChI is InChI=1S/C45H59N3O2.C38H52BrN3O2.C37H51N3O3.C7H9BO2/c1-28-13-12-16-30(23-28)31-24-35-42(6)25-32-37(47-48-38(32)46)41(4,5)34(42)17-18-43(35,7)44(8)20-22-45(21-19-40(2,3)26-33(45)36(31)44)39(49)50-27-29-14-10-9-11-15-29;1-33(2)15-17-38(32(43)44-22-23-11-9-8-10-12-23)18-16-37(7)29(25(38)21-33)26(39)19-28-35(5)20-24-30(41-42-31(24)40)34(3,4)27(35)13-14-36(28,37)6;1-32(2)13-15-37(31(42)43)16-14-36(7)28(25(37)20-32)23(21-9-8-10-22(41)17-21)18-27-34(5)19-24-29(39-40-30(24)38)33(3,4)26(34)11-12-35(27,36)6;1-6-3-2-4-7(5-6)8(9)10/h9-16,23,33-35H,17-22,24-27H2,1-8H3,(H3,46,47,48);8-12,25,27-28H,13-22H2,1-7H3,(H3,40,41,42);8-10,17,25-27,41H,11-16,18-20H2,1-7H3,(H,42,43)(H3,38,39,40);2-5,9-10H,1H3/t33?,34?,35?,42-,43+,44+,45-;25?,27?,28?,35-,36+,37+,38-;25?,26?,27?,34-,35+,36+,37-;/m000./s1. The van der Waals surface area contributed by atoms with Crippen LogP contribution in [0.15, 0.2) is 155 Å². The number of phenols is 1. The van der Waals surface area contributed by atoms with Gasteiger partial charge in [0.25, 0.3) is 0 Å². The van der Waals surface area contributed by atoms with Gasteiger partial charge in [-0.2, -0.15) is 15.3 Å². The van der Waals surface area contributed by atoms with Crippen LogP contribution in [0.25, 0.3) is 11.1 Å². The van der Waals surface area contributed by atoms with Gasteiger partial charge in [0.15, 0.2) is 0 Å². The summed E-state index contributed by atoms with van der Waals surface area (Å²) in [6.45, 7) is 56.8. The molecule has 0 spiro atoms. The number of aromatic nitrogens is 6. The van der Waals surface area contributed by atoms with Crippen molar-refractivity contribution in [1.29, 1.82) is 0 Å². The van der Waals surface area contributed by atoms with Crippen molar-refractivity contribution in [2.24, 2.45) is 134 Å². The molecule has 9 fully saturated rings. The number of ether oxygens (including phenoxy) is 2. The highest BCUT2D eigenvalue weighted by atomic mass is 79.9. The number of esters is 2. The molecule has 0 bridgehead atoms. The number of halogens is 1. The summed E-state index contributed by atoms with van der Waals surface area (Å²) in [5.41, 5.74) is 40.7. The number of allylic oxidation sites excluding steroid dienone is 6. The lowest BCUT2D eigenvalue weighted by molar-refractivity contribution is -0.182. The Hall–Kier alpha value is -8.98. The predicted molar refractivity (Wildman–Crippen MR) is 593 cm³/mol. The number of aromatic amines is 3. The van der Waals surface area contributed by atoms with Crippen LogP contribution in [0.2, 0.25) is 0 Å². The third-order valence-corrected chi connectivity index (χ3v) is 47.2. The number of aryl methyl sites for hydroxylation is 2. The normalized spacial score (nSPS) is 37.1. The van der Waals surface area contributed by atoms with Gasteiger partial charge in [-0.15, -0.1) is 0 Å². The third kappa shape index (κ3) is 16.0. The topological polar surface area (TPSA) is 315 Å². The van der Waals surface area contributed by atoms with E-state index >= 15 is 0 Å². The van der Waals surface area contributed by atoms with Crippen LogP contribution in [0.1, 0.15) is 367 Å². The highest BCUT2D eigenvalue weighted by Crippen LogP contribution is 2.83. The van der Waals surface area contributed by atoms with Gasteiger partial charge in [-0.05, 0) is 367 Å². The summed E-state index contributed by atoms with van der Waals surface area (Å²) in [7, 11) is -1.35. The SMILES string of the molecule is CC1(C)CC[C@]2(C(=O)O)CC[C@]3(C)C(=C(c4cccc(O)c4)CC4[C@@]5(C)Cc6c(N)n[nH]c6C(C)(C)C5CC[C@]43C)C2C1.CC1(C)CC[C@]2(C(=O)OCc3ccccc3)CC[C@]3(C)C(=C(Br)CC4[C@@]5(C)Cc6c(N)n[nH]c6C(C)(C)C5CC[C@]43C)C2C1.Cc1cccc(B(O)O)c1.Cc1cccc(C2=C3C4CC(C)(C)CC[C@]4(C(=O)OCc4ccccc4)CC[C@@]3(C)[C@]3(C)CCC4C(C)(C)c5[nH]nc(N)c5C[C@]4(C)C3C2)c1. The molecule has 9 saturated carbocycles. The molecule has 788 valence electrons. The first kappa shape index (κ1) is 105. The number of carbonyl (C=O) groups excluding carboxylic acids is 2. The summed E-state index contributed by atoms with van der Waals surface area (Å²) in [5.74, 6) is 4.94. The Morgan fingerprint density at radius 3 is 1.10 bits per heavy atom. The summed E-state index contributed by atoms with van der Waals surface area (Å²) in [5, 5.41) is 62.7. The molecule has 23 rings (SSSR count). The van der Waals surface area contributed by atoms with Gasteiger partial charge in [-0.3, -0.25) is 29.7 Å². The van der Waals surface area contributed by atoms with E-state index in [1.165, 1.54) is 91.8 Å². The second kappa shape index (κ2) is 35.8. The maximum absolute atomic E-state index is 14.7. The monoisotopic (exact) mass is 2060 g/mol. The number of carboxylic acids is 1. The summed E-state index contributed by atoms with van der Waals surface area (Å²) in [6.07, 6.45) is 27.0. The van der Waals surface area contributed by atoms with Gasteiger partial charge in [-0.25, -0.2) is 0 Å². The van der Waals surface area contributed by atoms with Crippen molar-refractivity contribution in [3.05, 3.63) is 222 Å². The molecule has 0 saturated heterocycles. The zero-order valence-electron chi connectivity index (χ0n) is 92.8. The van der Waals surface area contributed by atoms with Gasteiger partial charge < -0.3 is 46.9 Å². The minimum absolute atomic E-state index is 0.00619. The number of nitrogens with two attached hydrogens (primary N) is 3. The highest BCUT2D eigenvalue weighted by Gasteiger charge is 2.76. The Balaban J connectivity index is 0.000000128. The number of nitrogens with one attached hydrogen (secondary N) is 3. The molecule has 20 heteroatoms. The average molecular weight is 2060 g/mol. The molecule has 15 aliphatic carbocycles. The van der Waals surface area contributed by atoms with Crippen LogP contribution in [0.4, 0.5) is 17.5 Å². The summed E-state index contributed by atoms with van der Waals surface area (Å²) in [4.78, 5) is 42.4. The van der Waals surface area contributed by atoms with Gasteiger partial charge in [0, 0.05) is 50.0 Å². The van der Waals surface area contributed by atoms with Crippen LogP contribution in [0.5, 0.6) is 5.75 Å². The molecule has 3 heterocycles. The second-order valence-electron chi connectivity index (χ2n) is 56.4. The van der Waals surface area contributed by atoms with Gasteiger partial charge in [0.2, 0.25) is 0 Å². The molecule has 18 nitrogen and oxygen atoms in total. The first-order valence-corrected chi connectivity index (χ1v) is 56.9. The lowest BCUT2D eigenvalue weighted by Crippen LogP contribution is -2.65. The lowest BCUT2D eigenvalue weighted by atomic mass is 9.33. The van der Waals surface area contributed by atoms with Gasteiger partial charge in [0.1, 0.15) is 36.4 Å². The van der Waals surface area contributed by atoms with E-state index in [2.05, 4.69) is 253 Å². The number of carbonyl (C=O) groups is 3. The number of hydrogen-bond donors (Lipinski definition) is 10. The number of anilines is 3. The Labute approximate surface area is 885 Å². The first-order valence-electron chi connectivity index (χ1n) is 56.2. The van der Waals surface area contributed by atoms with E-state index in [1.807, 2.05) is 61.5 Å². The van der Waals surface area contributed by atoms with Crippen LogP contribution in [-0.2, 0) is 72.6 Å². The van der Waals surface area contributed by atoms with Crippen molar-refractivity contribution >= 4 is 75.0 Å². The number of H-pyrrole nitrogens is 3. The molecule has 0 aliphatic heterocycles. The number of fused-ring (bicyclic) bond motifs is 24. The van der Waals surface area contributed by atoms with Crippen LogP contribution < -0.4 is 22.7 Å². The number of carboxylic acid groups (broad SMARTS) is 1. The number of nitrogen functional groups attached to an aromatic ring is 3. The smallest absolute Gasteiger partial charge is 0.488 e. The Morgan fingerprint density at radius 1 is 0.395 bits per heavy atom. The number of aliphatic carboxylic acids is 1. The van der Waals surface area contributed by atoms with Crippen molar-refractivity contribution in [3.63, 3.8) is 0 Å². The minimum Gasteiger partial charge on any atom is -0.508 e. The maximum Gasteiger partial charge on any atom is 0.488 e. The summed E-state index contributed by atoms with van der Waals surface area (Å²) in [6, 6.07) is 44.5. The molecule has 8 aromatic rings. The van der Waals surface area contributed by atoms with E-state index in [9.17, 15) is 24.6 Å². The number of aromatic hydroxyl groups is 1. The van der Waals surface area contributed by atoms with Crippen LogP contribution >= 0.6 is 15.9 Å². The average Bonchev–Trinajstić information content (AvgIpc) is 1.64. The zero-order chi connectivity index (χ0) is 106. The second-order valence-corrected chi connectivity index (χ2v) is 57.3. The Kier molecular flexibility index (Phi) is 25.6. The van der Waals surface area contributed by atoms with Gasteiger partial charge in [0.05, 0.1) is 16.2 Å². The Morgan fingerprint density at radius 2 is 0.728 bits per heavy atom. The molecule has 13 N–H and O–H groups in total. The molecule has 0 amide bonds. The number of hydrogen-bond acceptors (Lipinski definition) is 14. The third-order valence-electron chi connectivity index (χ3n) is 46.4. The molecule has 9 unspecified atom stereocenters. The fraction of sp³-hybridized carbons (Fsp3) is 0.622. The van der Waals surface area contributed by atoms with Gasteiger partial charge in [-0.1, -0.05) is 305 Å². The molecule has 5 aromatic carbocycles. The molecule has 147 heavy (non-hydrogen) atoms. The van der Waals surface area contributed by atoms with Gasteiger partial charge >= 0.3 is 25.0 Å². The number of benzene rings is 5. The lowest BCUT2D eigenvalue weighted by Gasteiger charge is -2.71. The molecule has 15 aliphatic rings. The van der Waals surface area contributed by atoms with E-state index in [0.717, 1.165) is 170 Å². The fourth-order valence-electron chi connectivity index (χ4n) is 38.1. The summed E-state index contributed by atoms with van der Waals surface area (Å²) >= 11 is 4.29. The molecular weight excluding hydrogens is 1890 g/mol. The quantitative estimate of drug-likeness (QED) is 0.0449. The summed E-state index contributed by atoms with van der Waals surface area (Å²) < 4.78 is 14.0. The van der Waals surface area contributed by atoms with E-state index in [0.29, 0.717) is 71.6 Å². The molecule has 21 atom stereocenters. The first-order chi connectivity index (χ1) is 68.8. The number of nitrogens with zero attached hydrogens (tertiary/aromatic N) is 3. The molecule has 3 aromatic heterocycles. The number of rotatable bonds is 10. The van der Waals surface area contributed by atoms with Crippen LogP contribution in [0, 0.1) is 148 Å². The Bertz CT molecular complexity index is 6590. The van der Waals surface area contributed by atoms with E-state index in [-0.39, 0.29) is 117 Å². The van der Waals surface area contributed by atoms with Crippen LogP contribution in [-0.4, -0.2) is 75.9 Å². The molecular formula is C127H171BBrN9O9. The molecule has 0 radical (unpaired) electrons. The van der Waals surface area contributed by atoms with Crippen molar-refractivity contribution in [1.82, 2.24) is 30.6 Å².